The van der Waals surface area contributed by atoms with Gasteiger partial charge in [-0.05, 0) is 15.9 Å². The van der Waals surface area contributed by atoms with Crippen molar-refractivity contribution in [3.63, 3.8) is 0 Å². The van der Waals surface area contributed by atoms with Gasteiger partial charge in [-0.1, -0.05) is 17.4 Å². The lowest BCUT2D eigenvalue weighted by Crippen LogP contribution is -1.96. The summed E-state index contributed by atoms with van der Waals surface area (Å²) in [5.74, 6) is 0. The van der Waals surface area contributed by atoms with Crippen LogP contribution in [0.25, 0.3) is 0 Å². The summed E-state index contributed by atoms with van der Waals surface area (Å²) in [5.41, 5.74) is 0. The maximum absolute atomic E-state index is 3.82. The van der Waals surface area contributed by atoms with Crippen LogP contribution in [0, 0.1) is 0 Å². The lowest BCUT2D eigenvalue weighted by molar-refractivity contribution is 1.06. The summed E-state index contributed by atoms with van der Waals surface area (Å²) in [6.45, 7) is 4.29. The van der Waals surface area contributed by atoms with Gasteiger partial charge in [0.1, 0.15) is 0 Å². The summed E-state index contributed by atoms with van der Waals surface area (Å²) in [6.07, 6.45) is 1.77. The highest BCUT2D eigenvalue weighted by Crippen LogP contribution is 2.19. The van der Waals surface area contributed by atoms with E-state index in [1.807, 2.05) is 0 Å². The van der Waals surface area contributed by atoms with Crippen molar-refractivity contribution >= 4 is 32.4 Å². The van der Waals surface area contributed by atoms with Crippen LogP contribution in [0.5, 0.6) is 0 Å². The molecule has 1 aromatic rings. The zero-order valence-electron chi connectivity index (χ0n) is 5.17. The first-order chi connectivity index (χ1) is 4.83. The molecule has 0 fully saturated rings. The van der Waals surface area contributed by atoms with Gasteiger partial charge in [0.05, 0.1) is 0 Å². The number of halogens is 1. The molecule has 0 bridgehead atoms. The van der Waals surface area contributed by atoms with Crippen LogP contribution >= 0.6 is 27.3 Å². The summed E-state index contributed by atoms with van der Waals surface area (Å²) >= 11 is 4.67. The Bertz CT molecular complexity index is 222. The molecule has 0 atom stereocenters. The fourth-order valence-electron chi connectivity index (χ4n) is 0.436. The topological polar surface area (TPSA) is 37.8 Å². The van der Waals surface area contributed by atoms with Crippen molar-refractivity contribution in [3.05, 3.63) is 16.6 Å². The Kier molecular flexibility index (Phi) is 2.82. The Morgan fingerprint density at radius 2 is 2.50 bits per heavy atom. The van der Waals surface area contributed by atoms with E-state index in [1.54, 1.807) is 6.08 Å². The molecule has 0 aromatic carbocycles. The van der Waals surface area contributed by atoms with E-state index in [9.17, 15) is 0 Å². The average molecular weight is 220 g/mol. The largest absolute Gasteiger partial charge is 0.357 e. The zero-order valence-corrected chi connectivity index (χ0v) is 7.57. The third-order valence-corrected chi connectivity index (χ3v) is 2.11. The molecule has 54 valence electrons. The molecule has 0 aliphatic rings. The maximum Gasteiger partial charge on any atom is 0.206 e. The number of nitrogens with one attached hydrogen (secondary N) is 1. The van der Waals surface area contributed by atoms with Crippen LogP contribution in [0.1, 0.15) is 0 Å². The highest BCUT2D eigenvalue weighted by atomic mass is 79.9. The van der Waals surface area contributed by atoms with Crippen LogP contribution in [-0.4, -0.2) is 16.7 Å². The molecule has 0 aliphatic carbocycles. The molecule has 0 radical (unpaired) electrons. The number of nitrogens with zero attached hydrogens (tertiary/aromatic N) is 2. The van der Waals surface area contributed by atoms with Gasteiger partial charge < -0.3 is 5.32 Å². The van der Waals surface area contributed by atoms with Crippen LogP contribution in [0.15, 0.2) is 16.6 Å². The van der Waals surface area contributed by atoms with Gasteiger partial charge in [-0.2, -0.15) is 0 Å². The van der Waals surface area contributed by atoms with E-state index in [-0.39, 0.29) is 0 Å². The fourth-order valence-corrected chi connectivity index (χ4v) is 1.45. The van der Waals surface area contributed by atoms with Gasteiger partial charge in [-0.3, -0.25) is 0 Å². The van der Waals surface area contributed by atoms with Gasteiger partial charge in [0.2, 0.25) is 5.13 Å². The molecule has 0 amide bonds. The van der Waals surface area contributed by atoms with Crippen molar-refractivity contribution < 1.29 is 0 Å². The van der Waals surface area contributed by atoms with Crippen molar-refractivity contribution in [2.45, 2.75) is 0 Å². The van der Waals surface area contributed by atoms with E-state index in [2.05, 4.69) is 38.0 Å². The minimum atomic E-state index is 0.724. The zero-order chi connectivity index (χ0) is 7.40. The molecule has 3 nitrogen and oxygen atoms in total. The third-order valence-electron chi connectivity index (χ3n) is 0.798. The van der Waals surface area contributed by atoms with Crippen molar-refractivity contribution in [1.29, 1.82) is 0 Å². The van der Waals surface area contributed by atoms with E-state index < -0.39 is 0 Å². The standard InChI is InChI=1S/C5H6BrN3S/c1-2-3-7-5-9-8-4(6)10-5/h2H,1,3H2,(H,7,9). The summed E-state index contributed by atoms with van der Waals surface area (Å²) < 4.78 is 0.791. The number of hydrogen-bond donors (Lipinski definition) is 1. The van der Waals surface area contributed by atoms with E-state index in [1.165, 1.54) is 11.3 Å². The van der Waals surface area contributed by atoms with Gasteiger partial charge in [-0.15, -0.1) is 16.8 Å². The van der Waals surface area contributed by atoms with E-state index in [0.717, 1.165) is 15.6 Å². The first-order valence-electron chi connectivity index (χ1n) is 2.66. The summed E-state index contributed by atoms with van der Waals surface area (Å²) in [6, 6.07) is 0. The smallest absolute Gasteiger partial charge is 0.206 e. The predicted molar refractivity (Wildman–Crippen MR) is 46.3 cm³/mol. The Balaban J connectivity index is 2.49. The van der Waals surface area contributed by atoms with Crippen molar-refractivity contribution in [1.82, 2.24) is 10.2 Å². The number of anilines is 1. The first-order valence-corrected chi connectivity index (χ1v) is 4.27. The molecule has 0 spiro atoms. The highest BCUT2D eigenvalue weighted by Gasteiger charge is 1.96. The molecule has 0 unspecified atom stereocenters. The monoisotopic (exact) mass is 219 g/mol. The quantitative estimate of drug-likeness (QED) is 0.790. The minimum Gasteiger partial charge on any atom is -0.357 e. The molecule has 5 heteroatoms. The second-order valence-electron chi connectivity index (χ2n) is 1.53. The Hall–Kier alpha value is -0.420. The molecular weight excluding hydrogens is 214 g/mol. The molecule has 1 rings (SSSR count). The summed E-state index contributed by atoms with van der Waals surface area (Å²) in [5, 5.41) is 11.4. The molecule has 10 heavy (non-hydrogen) atoms. The molecular formula is C5H6BrN3S. The van der Waals surface area contributed by atoms with Crippen molar-refractivity contribution in [2.24, 2.45) is 0 Å². The van der Waals surface area contributed by atoms with E-state index in [4.69, 9.17) is 0 Å². The van der Waals surface area contributed by atoms with Crippen molar-refractivity contribution in [3.8, 4) is 0 Å². The summed E-state index contributed by atoms with van der Waals surface area (Å²) in [7, 11) is 0. The van der Waals surface area contributed by atoms with Gasteiger partial charge in [0, 0.05) is 6.54 Å². The Morgan fingerprint density at radius 1 is 1.70 bits per heavy atom. The molecule has 1 aromatic heterocycles. The molecule has 0 saturated heterocycles. The second-order valence-corrected chi connectivity index (χ2v) is 3.78. The summed E-state index contributed by atoms with van der Waals surface area (Å²) in [4.78, 5) is 0. The highest BCUT2D eigenvalue weighted by molar-refractivity contribution is 9.11. The van der Waals surface area contributed by atoms with Crippen molar-refractivity contribution in [2.75, 3.05) is 11.9 Å². The Labute approximate surface area is 71.3 Å². The predicted octanol–water partition coefficient (Wildman–Crippen LogP) is 1.90. The van der Waals surface area contributed by atoms with Crippen LogP contribution in [-0.2, 0) is 0 Å². The lowest BCUT2D eigenvalue weighted by atomic mass is 10.6. The van der Waals surface area contributed by atoms with Crippen LogP contribution in [0.2, 0.25) is 0 Å². The van der Waals surface area contributed by atoms with Gasteiger partial charge in [-0.25, -0.2) is 0 Å². The molecule has 0 aliphatic heterocycles. The van der Waals surface area contributed by atoms with E-state index >= 15 is 0 Å². The van der Waals surface area contributed by atoms with Gasteiger partial charge in [0.25, 0.3) is 0 Å². The molecule has 1 N–H and O–H groups in total. The number of rotatable bonds is 3. The second kappa shape index (κ2) is 3.68. The lowest BCUT2D eigenvalue weighted by Gasteiger charge is -1.91. The van der Waals surface area contributed by atoms with E-state index in [0.29, 0.717) is 0 Å². The Morgan fingerprint density at radius 3 is 3.00 bits per heavy atom. The van der Waals surface area contributed by atoms with Gasteiger partial charge >= 0.3 is 0 Å². The molecule has 0 saturated carbocycles. The molecule has 1 heterocycles. The van der Waals surface area contributed by atoms with Crippen LogP contribution in [0.4, 0.5) is 5.13 Å². The van der Waals surface area contributed by atoms with Crippen LogP contribution < -0.4 is 5.32 Å². The normalized spacial score (nSPS) is 9.30. The minimum absolute atomic E-state index is 0.724. The van der Waals surface area contributed by atoms with Crippen LogP contribution in [0.3, 0.4) is 0 Å². The van der Waals surface area contributed by atoms with Gasteiger partial charge in [0.15, 0.2) is 3.92 Å². The fraction of sp³-hybridized carbons (Fsp3) is 0.200. The first kappa shape index (κ1) is 7.68. The number of aromatic nitrogens is 2. The number of hydrogen-bond acceptors (Lipinski definition) is 4. The maximum atomic E-state index is 3.82. The SMILES string of the molecule is C=CCNc1nnc(Br)s1. The average Bonchev–Trinajstić information content (AvgIpc) is 2.31. The third kappa shape index (κ3) is 2.07.